The molecule has 2 atom stereocenters. The van der Waals surface area contributed by atoms with Crippen molar-refractivity contribution in [2.75, 3.05) is 6.61 Å². The highest BCUT2D eigenvalue weighted by atomic mass is 28.3. The highest BCUT2D eigenvalue weighted by molar-refractivity contribution is 6.48. The molecule has 1 rings (SSSR count). The van der Waals surface area contributed by atoms with Gasteiger partial charge in [0.05, 0.1) is 6.10 Å². The lowest BCUT2D eigenvalue weighted by Crippen LogP contribution is -2.36. The third kappa shape index (κ3) is 4.86. The summed E-state index contributed by atoms with van der Waals surface area (Å²) in [6.07, 6.45) is 7.08. The minimum absolute atomic E-state index is 0.171. The Morgan fingerprint density at radius 1 is 1.44 bits per heavy atom. The summed E-state index contributed by atoms with van der Waals surface area (Å²) >= 11 is 0. The van der Waals surface area contributed by atoms with E-state index in [4.69, 9.17) is 9.53 Å². The standard InChI is InChI=1S/C15H30O2Si/c1-15(2,3)14(17-18(4)5)13-8-6-7-12(11-13)9-10-16/h8,12,14,16,18H,6-7,9-11H2,1-5H3. The number of aliphatic hydroxyl groups is 1. The van der Waals surface area contributed by atoms with Gasteiger partial charge in [0.1, 0.15) is 0 Å². The third-order valence-electron chi connectivity index (χ3n) is 3.57. The maximum Gasteiger partial charge on any atom is 0.171 e. The van der Waals surface area contributed by atoms with Gasteiger partial charge >= 0.3 is 0 Å². The van der Waals surface area contributed by atoms with E-state index in [1.807, 2.05) is 0 Å². The molecule has 0 spiro atoms. The first-order chi connectivity index (χ1) is 8.34. The molecule has 0 aromatic carbocycles. The van der Waals surface area contributed by atoms with Crippen LogP contribution in [0.3, 0.4) is 0 Å². The van der Waals surface area contributed by atoms with Gasteiger partial charge in [-0.2, -0.15) is 0 Å². The molecule has 0 aromatic heterocycles. The molecule has 2 nitrogen and oxygen atoms in total. The van der Waals surface area contributed by atoms with Gasteiger partial charge in [0.15, 0.2) is 9.04 Å². The Morgan fingerprint density at radius 3 is 2.61 bits per heavy atom. The lowest BCUT2D eigenvalue weighted by atomic mass is 9.77. The number of aliphatic hydroxyl groups excluding tert-OH is 1. The quantitative estimate of drug-likeness (QED) is 0.612. The summed E-state index contributed by atoms with van der Waals surface area (Å²) in [6, 6.07) is 0. The van der Waals surface area contributed by atoms with Gasteiger partial charge in [-0.25, -0.2) is 0 Å². The summed E-state index contributed by atoms with van der Waals surface area (Å²) in [5, 5.41) is 9.10. The molecule has 0 heterocycles. The van der Waals surface area contributed by atoms with Crippen molar-refractivity contribution in [3.63, 3.8) is 0 Å². The van der Waals surface area contributed by atoms with Gasteiger partial charge in [-0.15, -0.1) is 0 Å². The molecule has 2 unspecified atom stereocenters. The van der Waals surface area contributed by atoms with Crippen molar-refractivity contribution >= 4 is 9.04 Å². The van der Waals surface area contributed by atoms with Gasteiger partial charge in [0.25, 0.3) is 0 Å². The monoisotopic (exact) mass is 270 g/mol. The smallest absolute Gasteiger partial charge is 0.171 e. The summed E-state index contributed by atoms with van der Waals surface area (Å²) < 4.78 is 6.29. The first-order valence-electron chi connectivity index (χ1n) is 7.29. The first kappa shape index (κ1) is 15.9. The molecule has 0 aliphatic heterocycles. The molecule has 0 amide bonds. The van der Waals surface area contributed by atoms with Crippen molar-refractivity contribution in [1.29, 1.82) is 0 Å². The predicted molar refractivity (Wildman–Crippen MR) is 80.3 cm³/mol. The zero-order chi connectivity index (χ0) is 13.8. The Hall–Kier alpha value is -0.123. The number of hydrogen-bond donors (Lipinski definition) is 1. The average Bonchev–Trinajstić information content (AvgIpc) is 2.25. The van der Waals surface area contributed by atoms with Crippen LogP contribution in [0.2, 0.25) is 13.1 Å². The minimum atomic E-state index is -1.03. The zero-order valence-electron chi connectivity index (χ0n) is 12.7. The molecule has 0 radical (unpaired) electrons. The van der Waals surface area contributed by atoms with Crippen LogP contribution in [-0.2, 0) is 4.43 Å². The van der Waals surface area contributed by atoms with Crippen molar-refractivity contribution in [2.45, 2.75) is 65.7 Å². The molecule has 1 aliphatic carbocycles. The summed E-state index contributed by atoms with van der Waals surface area (Å²) in [5.41, 5.74) is 1.65. The Bertz CT molecular complexity index is 279. The van der Waals surface area contributed by atoms with Gasteiger partial charge in [-0.05, 0) is 55.7 Å². The van der Waals surface area contributed by atoms with Crippen LogP contribution in [0.5, 0.6) is 0 Å². The number of allylic oxidation sites excluding steroid dienone is 1. The van der Waals surface area contributed by atoms with Crippen LogP contribution in [0.25, 0.3) is 0 Å². The lowest BCUT2D eigenvalue weighted by molar-refractivity contribution is 0.109. The second kappa shape index (κ2) is 6.87. The van der Waals surface area contributed by atoms with Gasteiger partial charge in [-0.3, -0.25) is 0 Å². The Morgan fingerprint density at radius 2 is 2.11 bits per heavy atom. The van der Waals surface area contributed by atoms with Crippen molar-refractivity contribution < 1.29 is 9.53 Å². The summed E-state index contributed by atoms with van der Waals surface area (Å²) in [4.78, 5) is 0. The van der Waals surface area contributed by atoms with E-state index in [1.165, 1.54) is 12.0 Å². The lowest BCUT2D eigenvalue weighted by Gasteiger charge is -2.37. The molecular formula is C15H30O2Si. The van der Waals surface area contributed by atoms with E-state index in [0.29, 0.717) is 12.5 Å². The van der Waals surface area contributed by atoms with Crippen LogP contribution in [0.4, 0.5) is 0 Å². The van der Waals surface area contributed by atoms with E-state index in [1.54, 1.807) is 0 Å². The molecular weight excluding hydrogens is 240 g/mol. The zero-order valence-corrected chi connectivity index (χ0v) is 13.9. The van der Waals surface area contributed by atoms with Gasteiger partial charge < -0.3 is 9.53 Å². The molecule has 0 saturated heterocycles. The van der Waals surface area contributed by atoms with Crippen molar-refractivity contribution in [2.24, 2.45) is 11.3 Å². The molecule has 0 fully saturated rings. The third-order valence-corrected chi connectivity index (χ3v) is 4.39. The highest BCUT2D eigenvalue weighted by Gasteiger charge is 2.31. The van der Waals surface area contributed by atoms with Crippen LogP contribution in [0.15, 0.2) is 11.6 Å². The topological polar surface area (TPSA) is 29.5 Å². The van der Waals surface area contributed by atoms with Crippen LogP contribution in [0.1, 0.15) is 46.5 Å². The van der Waals surface area contributed by atoms with E-state index in [0.717, 1.165) is 19.3 Å². The summed E-state index contributed by atoms with van der Waals surface area (Å²) in [5.74, 6) is 0.650. The molecule has 1 aliphatic rings. The SMILES string of the molecule is C[SiH](C)OC(C1=CCCC(CCO)C1)C(C)(C)C. The van der Waals surface area contributed by atoms with E-state index in [9.17, 15) is 0 Å². The maximum absolute atomic E-state index is 9.10. The van der Waals surface area contributed by atoms with Gasteiger partial charge in [0.2, 0.25) is 0 Å². The van der Waals surface area contributed by atoms with Crippen molar-refractivity contribution in [1.82, 2.24) is 0 Å². The van der Waals surface area contributed by atoms with Crippen LogP contribution < -0.4 is 0 Å². The molecule has 18 heavy (non-hydrogen) atoms. The second-order valence-electron chi connectivity index (χ2n) is 6.87. The number of hydrogen-bond acceptors (Lipinski definition) is 2. The largest absolute Gasteiger partial charge is 0.413 e. The van der Waals surface area contributed by atoms with Crippen LogP contribution in [-0.4, -0.2) is 26.9 Å². The minimum Gasteiger partial charge on any atom is -0.413 e. The molecule has 106 valence electrons. The normalized spacial score (nSPS) is 23.1. The number of rotatable bonds is 5. The van der Waals surface area contributed by atoms with E-state index < -0.39 is 9.04 Å². The Labute approximate surface area is 114 Å². The van der Waals surface area contributed by atoms with E-state index in [2.05, 4.69) is 39.9 Å². The van der Waals surface area contributed by atoms with Gasteiger partial charge in [0, 0.05) is 6.61 Å². The van der Waals surface area contributed by atoms with Crippen LogP contribution >= 0.6 is 0 Å². The molecule has 1 N–H and O–H groups in total. The van der Waals surface area contributed by atoms with E-state index in [-0.39, 0.29) is 11.5 Å². The maximum atomic E-state index is 9.10. The Kier molecular flexibility index (Phi) is 6.08. The van der Waals surface area contributed by atoms with Crippen LogP contribution in [0, 0.1) is 11.3 Å². The molecule has 3 heteroatoms. The average molecular weight is 270 g/mol. The Balaban J connectivity index is 2.76. The first-order valence-corrected chi connectivity index (χ1v) is 10.1. The van der Waals surface area contributed by atoms with Crippen molar-refractivity contribution in [3.8, 4) is 0 Å². The van der Waals surface area contributed by atoms with Gasteiger partial charge in [-0.1, -0.05) is 26.8 Å². The fourth-order valence-corrected chi connectivity index (χ4v) is 3.91. The molecule has 0 aromatic rings. The molecule has 0 saturated carbocycles. The highest BCUT2D eigenvalue weighted by Crippen LogP contribution is 2.36. The molecule has 0 bridgehead atoms. The summed E-state index contributed by atoms with van der Waals surface area (Å²) in [6.45, 7) is 11.6. The fraction of sp³-hybridized carbons (Fsp3) is 0.867. The van der Waals surface area contributed by atoms with E-state index >= 15 is 0 Å². The fourth-order valence-electron chi connectivity index (χ4n) is 2.79. The van der Waals surface area contributed by atoms with Crippen molar-refractivity contribution in [3.05, 3.63) is 11.6 Å². The summed E-state index contributed by atoms with van der Waals surface area (Å²) in [7, 11) is -1.03. The second-order valence-corrected chi connectivity index (χ2v) is 9.24. The predicted octanol–water partition coefficient (Wildman–Crippen LogP) is 3.51.